The van der Waals surface area contributed by atoms with Gasteiger partial charge >= 0.3 is 0 Å². The molecule has 0 fully saturated rings. The summed E-state index contributed by atoms with van der Waals surface area (Å²) in [7, 11) is 0. The summed E-state index contributed by atoms with van der Waals surface area (Å²) >= 11 is 0. The van der Waals surface area contributed by atoms with Gasteiger partial charge in [0.25, 0.3) is 5.91 Å². The Bertz CT molecular complexity index is 1070. The van der Waals surface area contributed by atoms with Crippen molar-refractivity contribution in [1.82, 2.24) is 4.98 Å². The van der Waals surface area contributed by atoms with Crippen LogP contribution >= 0.6 is 0 Å². The van der Waals surface area contributed by atoms with E-state index in [1.165, 1.54) is 6.92 Å². The first-order chi connectivity index (χ1) is 13.5. The first-order valence-corrected chi connectivity index (χ1v) is 9.18. The summed E-state index contributed by atoms with van der Waals surface area (Å²) in [6, 6.07) is 14.2. The molecule has 1 unspecified atom stereocenters. The second kappa shape index (κ2) is 7.26. The number of aryl methyl sites for hydroxylation is 1. The number of Topliss-reactive ketones (excluding diaryl/α,β-unsaturated/α-hetero) is 1. The third kappa shape index (κ3) is 3.38. The van der Waals surface area contributed by atoms with Crippen LogP contribution in [0.1, 0.15) is 26.2 Å². The Labute approximate surface area is 162 Å². The first-order valence-electron chi connectivity index (χ1n) is 9.18. The molecule has 0 bridgehead atoms. The van der Waals surface area contributed by atoms with E-state index < -0.39 is 6.04 Å². The Kier molecular flexibility index (Phi) is 4.65. The van der Waals surface area contributed by atoms with Gasteiger partial charge in [-0.25, -0.2) is 4.98 Å². The molecule has 1 aliphatic rings. The average molecular weight is 376 g/mol. The van der Waals surface area contributed by atoms with Crippen molar-refractivity contribution >= 4 is 39.9 Å². The quantitative estimate of drug-likeness (QED) is 0.736. The molecule has 4 rings (SSSR count). The van der Waals surface area contributed by atoms with Crippen molar-refractivity contribution in [3.63, 3.8) is 0 Å². The standard InChI is InChI=1S/C21H20N4O3/c1-3-20-23-16-11-14(9-10-19(16)28-20)22-21(27)17-12-18(13(2)26)25(24-17)15-7-5-4-6-8-15/h4-11,18H,3,12H2,1-2H3,(H,22,27). The van der Waals surface area contributed by atoms with Gasteiger partial charge in [-0.15, -0.1) is 0 Å². The first kappa shape index (κ1) is 17.9. The largest absolute Gasteiger partial charge is 0.441 e. The number of anilines is 2. The number of ketones is 1. The number of hydrogen-bond donors (Lipinski definition) is 1. The van der Waals surface area contributed by atoms with Gasteiger partial charge in [0.1, 0.15) is 17.3 Å². The summed E-state index contributed by atoms with van der Waals surface area (Å²) in [5.74, 6) is 0.288. The lowest BCUT2D eigenvalue weighted by atomic mass is 10.1. The van der Waals surface area contributed by atoms with Crippen molar-refractivity contribution in [2.24, 2.45) is 5.10 Å². The van der Waals surface area contributed by atoms with E-state index in [4.69, 9.17) is 4.42 Å². The normalized spacial score (nSPS) is 16.3. The molecule has 1 atom stereocenters. The number of nitrogens with zero attached hydrogens (tertiary/aromatic N) is 3. The smallest absolute Gasteiger partial charge is 0.271 e. The minimum atomic E-state index is -0.478. The predicted molar refractivity (Wildman–Crippen MR) is 107 cm³/mol. The average Bonchev–Trinajstić information content (AvgIpc) is 3.32. The molecule has 7 heteroatoms. The molecule has 0 radical (unpaired) electrons. The molecule has 0 saturated heterocycles. The minimum absolute atomic E-state index is 0.0356. The molecule has 0 aliphatic carbocycles. The Morgan fingerprint density at radius 2 is 2.00 bits per heavy atom. The van der Waals surface area contributed by atoms with Gasteiger partial charge in [0.15, 0.2) is 17.3 Å². The molecule has 7 nitrogen and oxygen atoms in total. The molecule has 1 aromatic heterocycles. The fraction of sp³-hybridized carbons (Fsp3) is 0.238. The molecule has 2 aromatic carbocycles. The van der Waals surface area contributed by atoms with E-state index in [0.29, 0.717) is 34.8 Å². The van der Waals surface area contributed by atoms with Gasteiger partial charge in [-0.3, -0.25) is 14.6 Å². The molecule has 0 spiro atoms. The molecule has 28 heavy (non-hydrogen) atoms. The highest BCUT2D eigenvalue weighted by Crippen LogP contribution is 2.26. The zero-order chi connectivity index (χ0) is 19.7. The van der Waals surface area contributed by atoms with E-state index in [1.807, 2.05) is 37.3 Å². The fourth-order valence-electron chi connectivity index (χ4n) is 3.19. The number of aromatic nitrogens is 1. The van der Waals surface area contributed by atoms with E-state index >= 15 is 0 Å². The third-order valence-electron chi connectivity index (χ3n) is 4.65. The van der Waals surface area contributed by atoms with Crippen molar-refractivity contribution in [1.29, 1.82) is 0 Å². The Hall–Kier alpha value is -3.48. The van der Waals surface area contributed by atoms with Gasteiger partial charge in [-0.2, -0.15) is 5.10 Å². The number of nitrogens with one attached hydrogen (secondary N) is 1. The van der Waals surface area contributed by atoms with Crippen molar-refractivity contribution in [3.05, 3.63) is 54.4 Å². The van der Waals surface area contributed by atoms with Crippen LogP contribution in [0.15, 0.2) is 58.0 Å². The van der Waals surface area contributed by atoms with Crippen molar-refractivity contribution in [2.45, 2.75) is 32.7 Å². The molecular formula is C21H20N4O3. The van der Waals surface area contributed by atoms with Crippen LogP contribution in [0, 0.1) is 0 Å². The number of oxazole rings is 1. The zero-order valence-corrected chi connectivity index (χ0v) is 15.7. The van der Waals surface area contributed by atoms with Crippen LogP contribution in [-0.2, 0) is 16.0 Å². The van der Waals surface area contributed by atoms with E-state index in [-0.39, 0.29) is 18.1 Å². The second-order valence-electron chi connectivity index (χ2n) is 6.66. The summed E-state index contributed by atoms with van der Waals surface area (Å²) in [5, 5.41) is 8.88. The molecule has 3 aromatic rings. The van der Waals surface area contributed by atoms with Crippen LogP contribution < -0.4 is 10.3 Å². The van der Waals surface area contributed by atoms with Crippen LogP contribution in [-0.4, -0.2) is 28.4 Å². The number of carbonyl (C=O) groups excluding carboxylic acids is 2. The molecule has 0 saturated carbocycles. The number of amides is 1. The van der Waals surface area contributed by atoms with Crippen LogP contribution in [0.25, 0.3) is 11.1 Å². The number of fused-ring (bicyclic) bond motifs is 1. The van der Waals surface area contributed by atoms with Crippen molar-refractivity contribution in [2.75, 3.05) is 10.3 Å². The predicted octanol–water partition coefficient (Wildman–Crippen LogP) is 3.55. The summed E-state index contributed by atoms with van der Waals surface area (Å²) < 4.78 is 5.59. The lowest BCUT2D eigenvalue weighted by molar-refractivity contribution is -0.118. The van der Waals surface area contributed by atoms with Gasteiger partial charge in [0, 0.05) is 18.5 Å². The van der Waals surface area contributed by atoms with Crippen LogP contribution in [0.2, 0.25) is 0 Å². The van der Waals surface area contributed by atoms with Gasteiger partial charge in [0.2, 0.25) is 0 Å². The molecule has 1 amide bonds. The molecule has 142 valence electrons. The maximum Gasteiger partial charge on any atom is 0.271 e. The number of benzene rings is 2. The highest BCUT2D eigenvalue weighted by molar-refractivity contribution is 6.44. The van der Waals surface area contributed by atoms with E-state index in [1.54, 1.807) is 23.2 Å². The molecule has 1 N–H and O–H groups in total. The lowest BCUT2D eigenvalue weighted by Crippen LogP contribution is -2.33. The van der Waals surface area contributed by atoms with E-state index in [9.17, 15) is 9.59 Å². The van der Waals surface area contributed by atoms with E-state index in [2.05, 4.69) is 15.4 Å². The third-order valence-corrected chi connectivity index (χ3v) is 4.65. The topological polar surface area (TPSA) is 87.8 Å². The fourth-order valence-corrected chi connectivity index (χ4v) is 3.19. The number of para-hydroxylation sites is 1. The number of hydrazone groups is 1. The maximum atomic E-state index is 12.7. The molecule has 2 heterocycles. The monoisotopic (exact) mass is 376 g/mol. The lowest BCUT2D eigenvalue weighted by Gasteiger charge is -2.20. The van der Waals surface area contributed by atoms with Gasteiger partial charge in [0.05, 0.1) is 5.69 Å². The van der Waals surface area contributed by atoms with E-state index in [0.717, 1.165) is 5.69 Å². The second-order valence-corrected chi connectivity index (χ2v) is 6.66. The summed E-state index contributed by atoms with van der Waals surface area (Å²) in [6.45, 7) is 3.48. The molecule has 1 aliphatic heterocycles. The van der Waals surface area contributed by atoms with Gasteiger partial charge in [-0.1, -0.05) is 25.1 Å². The van der Waals surface area contributed by atoms with Crippen LogP contribution in [0.3, 0.4) is 0 Å². The van der Waals surface area contributed by atoms with Crippen molar-refractivity contribution < 1.29 is 14.0 Å². The number of rotatable bonds is 5. The van der Waals surface area contributed by atoms with Crippen molar-refractivity contribution in [3.8, 4) is 0 Å². The number of carbonyl (C=O) groups is 2. The summed E-state index contributed by atoms with van der Waals surface area (Å²) in [5.41, 5.74) is 3.07. The van der Waals surface area contributed by atoms with Crippen LogP contribution in [0.5, 0.6) is 0 Å². The van der Waals surface area contributed by atoms with Crippen LogP contribution in [0.4, 0.5) is 11.4 Å². The highest BCUT2D eigenvalue weighted by atomic mass is 16.3. The summed E-state index contributed by atoms with van der Waals surface area (Å²) in [6.07, 6.45) is 0.969. The minimum Gasteiger partial charge on any atom is -0.441 e. The number of hydrogen-bond acceptors (Lipinski definition) is 6. The van der Waals surface area contributed by atoms with Gasteiger partial charge < -0.3 is 9.73 Å². The Morgan fingerprint density at radius 3 is 2.71 bits per heavy atom. The SMILES string of the molecule is CCc1nc2cc(NC(=O)C3=NN(c4ccccc4)C(C(C)=O)C3)ccc2o1. The maximum absolute atomic E-state index is 12.7. The molecular weight excluding hydrogens is 356 g/mol. The van der Waals surface area contributed by atoms with Gasteiger partial charge in [-0.05, 0) is 37.3 Å². The summed E-state index contributed by atoms with van der Waals surface area (Å²) in [4.78, 5) is 29.2. The zero-order valence-electron chi connectivity index (χ0n) is 15.7. The highest BCUT2D eigenvalue weighted by Gasteiger charge is 2.34. The Balaban J connectivity index is 1.56. The Morgan fingerprint density at radius 1 is 1.21 bits per heavy atom.